The lowest BCUT2D eigenvalue weighted by Crippen LogP contribution is -2.27. The Morgan fingerprint density at radius 3 is 2.24 bits per heavy atom. The minimum atomic E-state index is -3.39. The van der Waals surface area contributed by atoms with Gasteiger partial charge in [0.05, 0.1) is 4.90 Å². The SMILES string of the molecule is O=C(CCc1ccc(S(=O)(=O)N2CCCC2)cc1)Oc1ccccc1. The minimum absolute atomic E-state index is 0.243. The highest BCUT2D eigenvalue weighted by Crippen LogP contribution is 2.21. The van der Waals surface area contributed by atoms with Gasteiger partial charge in [0.15, 0.2) is 0 Å². The molecule has 0 spiro atoms. The molecule has 1 aliphatic rings. The molecular formula is C19H21NO4S. The molecule has 25 heavy (non-hydrogen) atoms. The van der Waals surface area contributed by atoms with Gasteiger partial charge < -0.3 is 4.74 Å². The summed E-state index contributed by atoms with van der Waals surface area (Å²) in [6, 6.07) is 15.7. The molecule has 0 saturated carbocycles. The van der Waals surface area contributed by atoms with Crippen LogP contribution < -0.4 is 4.74 Å². The van der Waals surface area contributed by atoms with E-state index in [1.165, 1.54) is 4.31 Å². The van der Waals surface area contributed by atoms with Gasteiger partial charge in [0.1, 0.15) is 5.75 Å². The Morgan fingerprint density at radius 2 is 1.60 bits per heavy atom. The third-order valence-electron chi connectivity index (χ3n) is 4.22. The molecule has 5 nitrogen and oxygen atoms in total. The van der Waals surface area contributed by atoms with Gasteiger partial charge in [-0.15, -0.1) is 0 Å². The third-order valence-corrected chi connectivity index (χ3v) is 6.13. The predicted octanol–water partition coefficient (Wildman–Crippen LogP) is 3.01. The Kier molecular flexibility index (Phi) is 5.50. The molecule has 1 heterocycles. The summed E-state index contributed by atoms with van der Waals surface area (Å²) < 4.78 is 31.7. The van der Waals surface area contributed by atoms with Crippen molar-refractivity contribution in [2.75, 3.05) is 13.1 Å². The first-order valence-corrected chi connectivity index (χ1v) is 9.84. The number of hydrogen-bond acceptors (Lipinski definition) is 4. The number of ether oxygens (including phenoxy) is 1. The normalized spacial score (nSPS) is 15.2. The molecule has 0 amide bonds. The molecule has 1 fully saturated rings. The van der Waals surface area contributed by atoms with Gasteiger partial charge in [-0.05, 0) is 49.1 Å². The first-order valence-electron chi connectivity index (χ1n) is 8.40. The van der Waals surface area contributed by atoms with E-state index in [4.69, 9.17) is 4.74 Å². The smallest absolute Gasteiger partial charge is 0.311 e. The molecule has 0 unspecified atom stereocenters. The van der Waals surface area contributed by atoms with Gasteiger partial charge in [-0.3, -0.25) is 4.79 Å². The van der Waals surface area contributed by atoms with Crippen molar-refractivity contribution < 1.29 is 17.9 Å². The van der Waals surface area contributed by atoms with Crippen LogP contribution in [-0.4, -0.2) is 31.8 Å². The van der Waals surface area contributed by atoms with Gasteiger partial charge in [-0.2, -0.15) is 4.31 Å². The largest absolute Gasteiger partial charge is 0.427 e. The number of nitrogens with zero attached hydrogens (tertiary/aromatic N) is 1. The fourth-order valence-electron chi connectivity index (χ4n) is 2.82. The van der Waals surface area contributed by atoms with E-state index in [0.29, 0.717) is 30.2 Å². The van der Waals surface area contributed by atoms with Crippen molar-refractivity contribution in [1.29, 1.82) is 0 Å². The Labute approximate surface area is 148 Å². The van der Waals surface area contributed by atoms with Gasteiger partial charge in [0.2, 0.25) is 10.0 Å². The highest BCUT2D eigenvalue weighted by molar-refractivity contribution is 7.89. The summed E-state index contributed by atoms with van der Waals surface area (Å²) in [7, 11) is -3.39. The van der Waals surface area contributed by atoms with E-state index in [2.05, 4.69) is 0 Å². The second-order valence-electron chi connectivity index (χ2n) is 6.04. The first-order chi connectivity index (χ1) is 12.1. The molecule has 6 heteroatoms. The van der Waals surface area contributed by atoms with E-state index < -0.39 is 10.0 Å². The van der Waals surface area contributed by atoms with Crippen molar-refractivity contribution in [2.45, 2.75) is 30.6 Å². The van der Waals surface area contributed by atoms with Crippen LogP contribution in [-0.2, 0) is 21.2 Å². The minimum Gasteiger partial charge on any atom is -0.427 e. The van der Waals surface area contributed by atoms with Gasteiger partial charge in [0.25, 0.3) is 0 Å². The molecule has 0 atom stereocenters. The summed E-state index contributed by atoms with van der Waals surface area (Å²) in [6.07, 6.45) is 2.59. The Hall–Kier alpha value is -2.18. The van der Waals surface area contributed by atoms with Gasteiger partial charge in [0, 0.05) is 19.5 Å². The van der Waals surface area contributed by atoms with Crippen LogP contribution in [0.15, 0.2) is 59.5 Å². The lowest BCUT2D eigenvalue weighted by atomic mass is 10.1. The summed E-state index contributed by atoms with van der Waals surface area (Å²) in [5, 5.41) is 0. The monoisotopic (exact) mass is 359 g/mol. The number of carbonyl (C=O) groups is 1. The van der Waals surface area contributed by atoms with E-state index in [0.717, 1.165) is 18.4 Å². The second-order valence-corrected chi connectivity index (χ2v) is 7.98. The van der Waals surface area contributed by atoms with E-state index in [1.54, 1.807) is 36.4 Å². The number of sulfonamides is 1. The Balaban J connectivity index is 1.56. The van der Waals surface area contributed by atoms with Crippen LogP contribution in [0.3, 0.4) is 0 Å². The zero-order valence-electron chi connectivity index (χ0n) is 13.9. The van der Waals surface area contributed by atoms with Crippen LogP contribution in [0.25, 0.3) is 0 Å². The van der Waals surface area contributed by atoms with Crippen LogP contribution >= 0.6 is 0 Å². The zero-order valence-corrected chi connectivity index (χ0v) is 14.7. The molecule has 0 aliphatic carbocycles. The molecule has 1 saturated heterocycles. The molecule has 2 aromatic carbocycles. The molecule has 1 aliphatic heterocycles. The Morgan fingerprint density at radius 1 is 0.960 bits per heavy atom. The second kappa shape index (κ2) is 7.80. The number of benzene rings is 2. The lowest BCUT2D eigenvalue weighted by Gasteiger charge is -2.15. The molecule has 132 valence electrons. The van der Waals surface area contributed by atoms with E-state index in [1.807, 2.05) is 18.2 Å². The summed E-state index contributed by atoms with van der Waals surface area (Å²) in [5.41, 5.74) is 0.908. The fraction of sp³-hybridized carbons (Fsp3) is 0.316. The van der Waals surface area contributed by atoms with Crippen molar-refractivity contribution in [2.24, 2.45) is 0 Å². The number of para-hydroxylation sites is 1. The summed E-state index contributed by atoms with van der Waals surface area (Å²) in [4.78, 5) is 12.2. The average molecular weight is 359 g/mol. The topological polar surface area (TPSA) is 63.7 Å². The van der Waals surface area contributed by atoms with Crippen molar-refractivity contribution in [3.8, 4) is 5.75 Å². The number of esters is 1. The molecular weight excluding hydrogens is 338 g/mol. The number of aryl methyl sites for hydroxylation is 1. The number of carbonyl (C=O) groups excluding carboxylic acids is 1. The number of hydrogen-bond donors (Lipinski definition) is 0. The maximum atomic E-state index is 12.5. The highest BCUT2D eigenvalue weighted by Gasteiger charge is 2.26. The van der Waals surface area contributed by atoms with Crippen LogP contribution in [0.5, 0.6) is 5.75 Å². The first kappa shape index (κ1) is 17.6. The van der Waals surface area contributed by atoms with Crippen molar-refractivity contribution in [3.63, 3.8) is 0 Å². The van der Waals surface area contributed by atoms with Crippen molar-refractivity contribution >= 4 is 16.0 Å². The van der Waals surface area contributed by atoms with E-state index >= 15 is 0 Å². The quantitative estimate of drug-likeness (QED) is 0.587. The molecule has 0 bridgehead atoms. The van der Waals surface area contributed by atoms with Crippen molar-refractivity contribution in [3.05, 3.63) is 60.2 Å². The Bertz CT molecular complexity index is 810. The summed E-state index contributed by atoms with van der Waals surface area (Å²) in [6.45, 7) is 1.19. The number of rotatable bonds is 6. The van der Waals surface area contributed by atoms with Crippen LogP contribution in [0, 0.1) is 0 Å². The molecule has 0 aromatic heterocycles. The highest BCUT2D eigenvalue weighted by atomic mass is 32.2. The van der Waals surface area contributed by atoms with Crippen molar-refractivity contribution in [1.82, 2.24) is 4.31 Å². The van der Waals surface area contributed by atoms with Gasteiger partial charge in [-0.1, -0.05) is 30.3 Å². The summed E-state index contributed by atoms with van der Waals surface area (Å²) >= 11 is 0. The fourth-order valence-corrected chi connectivity index (χ4v) is 4.34. The third kappa shape index (κ3) is 4.46. The van der Waals surface area contributed by atoms with Gasteiger partial charge in [-0.25, -0.2) is 8.42 Å². The van der Waals surface area contributed by atoms with Crippen LogP contribution in [0.1, 0.15) is 24.8 Å². The van der Waals surface area contributed by atoms with Crippen LogP contribution in [0.4, 0.5) is 0 Å². The predicted molar refractivity (Wildman–Crippen MR) is 94.8 cm³/mol. The standard InChI is InChI=1S/C19H21NO4S/c21-19(24-17-6-2-1-3-7-17)13-10-16-8-11-18(12-9-16)25(22,23)20-14-4-5-15-20/h1-3,6-9,11-12H,4-5,10,13-15H2. The maximum absolute atomic E-state index is 12.5. The van der Waals surface area contributed by atoms with Crippen LogP contribution in [0.2, 0.25) is 0 Å². The van der Waals surface area contributed by atoms with Gasteiger partial charge >= 0.3 is 5.97 Å². The molecule has 0 radical (unpaired) electrons. The molecule has 0 N–H and O–H groups in total. The zero-order chi connectivity index (χ0) is 17.7. The lowest BCUT2D eigenvalue weighted by molar-refractivity contribution is -0.134. The average Bonchev–Trinajstić information content (AvgIpc) is 3.17. The molecule has 2 aromatic rings. The maximum Gasteiger partial charge on any atom is 0.311 e. The van der Waals surface area contributed by atoms with E-state index in [-0.39, 0.29) is 12.4 Å². The molecule has 3 rings (SSSR count). The van der Waals surface area contributed by atoms with E-state index in [9.17, 15) is 13.2 Å². The summed E-state index contributed by atoms with van der Waals surface area (Å²) in [5.74, 6) is 0.222.